The molecule has 0 spiro atoms. The molecule has 21 heavy (non-hydrogen) atoms. The van der Waals surface area contributed by atoms with Crippen molar-refractivity contribution in [1.82, 2.24) is 10.2 Å². The van der Waals surface area contributed by atoms with E-state index in [-0.39, 0.29) is 5.78 Å². The molecule has 0 bridgehead atoms. The molecule has 114 valence electrons. The van der Waals surface area contributed by atoms with Crippen LogP contribution in [0.15, 0.2) is 11.1 Å². The molecule has 5 nitrogen and oxygen atoms in total. The van der Waals surface area contributed by atoms with E-state index < -0.39 is 0 Å². The minimum atomic E-state index is 0.0230. The maximum absolute atomic E-state index is 11.6. The second-order valence-electron chi connectivity index (χ2n) is 4.81. The number of anilines is 2. The van der Waals surface area contributed by atoms with Crippen LogP contribution in [0, 0.1) is 6.92 Å². The fourth-order valence-electron chi connectivity index (χ4n) is 2.12. The highest BCUT2D eigenvalue weighted by Gasteiger charge is 2.17. The van der Waals surface area contributed by atoms with E-state index in [4.69, 9.17) is 5.73 Å². The zero-order valence-electron chi connectivity index (χ0n) is 12.4. The third-order valence-electron chi connectivity index (χ3n) is 3.27. The normalized spacial score (nSPS) is 10.8. The van der Waals surface area contributed by atoms with E-state index in [1.165, 1.54) is 16.9 Å². The van der Waals surface area contributed by atoms with E-state index >= 15 is 0 Å². The van der Waals surface area contributed by atoms with Crippen molar-refractivity contribution in [2.75, 3.05) is 23.9 Å². The monoisotopic (exact) mass is 324 g/mol. The summed E-state index contributed by atoms with van der Waals surface area (Å²) in [5.74, 6) is 0.0230. The Kier molecular flexibility index (Phi) is 5.30. The lowest BCUT2D eigenvalue weighted by Crippen LogP contribution is -2.02. The fraction of sp³-hybridized carbons (Fsp3) is 0.429. The summed E-state index contributed by atoms with van der Waals surface area (Å²) in [4.78, 5) is 13.2. The van der Waals surface area contributed by atoms with Crippen LogP contribution in [-0.2, 0) is 6.42 Å². The Balaban J connectivity index is 1.95. The lowest BCUT2D eigenvalue weighted by molar-refractivity contribution is 0.102. The first-order valence-electron chi connectivity index (χ1n) is 6.74. The van der Waals surface area contributed by atoms with Gasteiger partial charge < -0.3 is 11.1 Å². The molecule has 0 aromatic carbocycles. The Labute approximate surface area is 132 Å². The van der Waals surface area contributed by atoms with Gasteiger partial charge >= 0.3 is 0 Å². The molecule has 0 saturated heterocycles. The van der Waals surface area contributed by atoms with Crippen molar-refractivity contribution >= 4 is 39.6 Å². The molecule has 0 aliphatic rings. The second-order valence-corrected chi connectivity index (χ2v) is 6.65. The Morgan fingerprint density at radius 1 is 1.57 bits per heavy atom. The van der Waals surface area contributed by atoms with Gasteiger partial charge in [-0.25, -0.2) is 0 Å². The number of hydrogen-bond acceptors (Lipinski definition) is 6. The molecule has 7 heteroatoms. The molecular weight excluding hydrogens is 304 g/mol. The predicted octanol–water partition coefficient (Wildman–Crippen LogP) is 3.33. The first kappa shape index (κ1) is 15.9. The number of carbonyl (C=O) groups excluding carboxylic acids is 1. The molecule has 2 aromatic heterocycles. The molecule has 0 fully saturated rings. The number of aryl methyl sites for hydroxylation is 2. The van der Waals surface area contributed by atoms with Gasteiger partial charge in [0, 0.05) is 19.2 Å². The Morgan fingerprint density at radius 3 is 2.90 bits per heavy atom. The molecular formula is C14H20N4OS2. The van der Waals surface area contributed by atoms with E-state index in [0.717, 1.165) is 35.0 Å². The summed E-state index contributed by atoms with van der Waals surface area (Å²) in [6.45, 7) is 4.42. The molecule has 0 aliphatic heterocycles. The van der Waals surface area contributed by atoms with Gasteiger partial charge in [-0.1, -0.05) is 0 Å². The van der Waals surface area contributed by atoms with Crippen LogP contribution in [0.25, 0.3) is 0 Å². The Hall–Kier alpha value is -1.47. The van der Waals surface area contributed by atoms with E-state index in [0.29, 0.717) is 10.6 Å². The zero-order chi connectivity index (χ0) is 15.4. The number of ketones is 1. The SMILES string of the molecule is CSc1c(NCCCc2cn[nH]c2C)sc(C(C)=O)c1N. The average molecular weight is 324 g/mol. The number of thiophene rings is 1. The summed E-state index contributed by atoms with van der Waals surface area (Å²) < 4.78 is 0. The number of rotatable bonds is 7. The molecule has 0 saturated carbocycles. The van der Waals surface area contributed by atoms with Crippen molar-refractivity contribution in [2.24, 2.45) is 0 Å². The number of Topliss-reactive ketones (excluding diaryl/α,β-unsaturated/α-hetero) is 1. The number of nitrogens with two attached hydrogens (primary N) is 1. The topological polar surface area (TPSA) is 83.8 Å². The van der Waals surface area contributed by atoms with Crippen LogP contribution < -0.4 is 11.1 Å². The third-order valence-corrected chi connectivity index (χ3v) is 5.49. The van der Waals surface area contributed by atoms with Crippen molar-refractivity contribution in [3.63, 3.8) is 0 Å². The molecule has 0 amide bonds. The maximum Gasteiger partial charge on any atom is 0.171 e. The molecule has 2 rings (SSSR count). The minimum Gasteiger partial charge on any atom is -0.396 e. The van der Waals surface area contributed by atoms with Gasteiger partial charge in [0.15, 0.2) is 5.78 Å². The largest absolute Gasteiger partial charge is 0.396 e. The van der Waals surface area contributed by atoms with Crippen LogP contribution >= 0.6 is 23.1 Å². The minimum absolute atomic E-state index is 0.0230. The summed E-state index contributed by atoms with van der Waals surface area (Å²) in [6.07, 6.45) is 5.83. The first-order chi connectivity index (χ1) is 10.0. The maximum atomic E-state index is 11.6. The van der Waals surface area contributed by atoms with Crippen molar-refractivity contribution in [1.29, 1.82) is 0 Å². The van der Waals surface area contributed by atoms with Gasteiger partial charge in [0.1, 0.15) is 5.00 Å². The number of aromatic amines is 1. The lowest BCUT2D eigenvalue weighted by atomic mass is 10.1. The number of thioether (sulfide) groups is 1. The van der Waals surface area contributed by atoms with Gasteiger partial charge in [0.05, 0.1) is 21.7 Å². The number of carbonyl (C=O) groups is 1. The van der Waals surface area contributed by atoms with Gasteiger partial charge in [-0.05, 0) is 31.6 Å². The molecule has 2 heterocycles. The molecule has 4 N–H and O–H groups in total. The zero-order valence-corrected chi connectivity index (χ0v) is 14.1. The third kappa shape index (κ3) is 3.59. The second kappa shape index (κ2) is 7.00. The van der Waals surface area contributed by atoms with E-state index in [9.17, 15) is 4.79 Å². The van der Waals surface area contributed by atoms with Gasteiger partial charge in [-0.2, -0.15) is 5.10 Å². The number of aromatic nitrogens is 2. The van der Waals surface area contributed by atoms with Crippen molar-refractivity contribution in [2.45, 2.75) is 31.6 Å². The fourth-order valence-corrected chi connectivity index (χ4v) is 4.07. The average Bonchev–Trinajstić information content (AvgIpc) is 2.98. The van der Waals surface area contributed by atoms with Crippen molar-refractivity contribution in [3.05, 3.63) is 22.3 Å². The number of nitrogens with one attached hydrogen (secondary N) is 2. The van der Waals surface area contributed by atoms with Gasteiger partial charge in [-0.15, -0.1) is 23.1 Å². The summed E-state index contributed by atoms with van der Waals surface area (Å²) in [5.41, 5.74) is 9.01. The molecule has 2 aromatic rings. The number of nitrogens with zero attached hydrogens (tertiary/aromatic N) is 1. The van der Waals surface area contributed by atoms with Crippen LogP contribution in [0.5, 0.6) is 0 Å². The molecule has 0 atom stereocenters. The summed E-state index contributed by atoms with van der Waals surface area (Å²) in [5, 5.41) is 11.4. The summed E-state index contributed by atoms with van der Waals surface area (Å²) >= 11 is 3.02. The molecule has 0 unspecified atom stereocenters. The predicted molar refractivity (Wildman–Crippen MR) is 90.7 cm³/mol. The molecule has 0 aliphatic carbocycles. The highest BCUT2D eigenvalue weighted by Crippen LogP contribution is 2.41. The lowest BCUT2D eigenvalue weighted by Gasteiger charge is -2.06. The smallest absolute Gasteiger partial charge is 0.171 e. The summed E-state index contributed by atoms with van der Waals surface area (Å²) in [6, 6.07) is 0. The van der Waals surface area contributed by atoms with Crippen LogP contribution in [0.1, 0.15) is 34.3 Å². The van der Waals surface area contributed by atoms with E-state index in [1.54, 1.807) is 18.7 Å². The highest BCUT2D eigenvalue weighted by molar-refractivity contribution is 7.99. The standard InChI is InChI=1S/C14H20N4OS2/c1-8-10(7-17-18-8)5-4-6-16-14-13(20-3)11(15)12(21-14)9(2)19/h7,16H,4-6,15H2,1-3H3,(H,17,18). The molecule has 0 radical (unpaired) electrons. The number of nitrogen functional groups attached to an aromatic ring is 1. The van der Waals surface area contributed by atoms with Gasteiger partial charge in [-0.3, -0.25) is 9.89 Å². The van der Waals surface area contributed by atoms with Crippen molar-refractivity contribution in [3.8, 4) is 0 Å². The van der Waals surface area contributed by atoms with E-state index in [2.05, 4.69) is 15.5 Å². The van der Waals surface area contributed by atoms with Gasteiger partial charge in [0.25, 0.3) is 0 Å². The summed E-state index contributed by atoms with van der Waals surface area (Å²) in [7, 11) is 0. The number of H-pyrrole nitrogens is 1. The van der Waals surface area contributed by atoms with Crippen molar-refractivity contribution < 1.29 is 4.79 Å². The Bertz CT molecular complexity index is 633. The van der Waals surface area contributed by atoms with Crippen LogP contribution in [-0.4, -0.2) is 28.8 Å². The first-order valence-corrected chi connectivity index (χ1v) is 8.78. The van der Waals surface area contributed by atoms with Crippen LogP contribution in [0.2, 0.25) is 0 Å². The quantitative estimate of drug-likeness (QED) is 0.413. The van der Waals surface area contributed by atoms with Crippen LogP contribution in [0.4, 0.5) is 10.7 Å². The number of hydrogen-bond donors (Lipinski definition) is 3. The van der Waals surface area contributed by atoms with E-state index in [1.807, 2.05) is 19.4 Å². The van der Waals surface area contributed by atoms with Gasteiger partial charge in [0.2, 0.25) is 0 Å². The Morgan fingerprint density at radius 2 is 2.33 bits per heavy atom. The highest BCUT2D eigenvalue weighted by atomic mass is 32.2. The van der Waals surface area contributed by atoms with Crippen LogP contribution in [0.3, 0.4) is 0 Å².